The Kier molecular flexibility index (Phi) is 6.57. The Morgan fingerprint density at radius 2 is 1.95 bits per heavy atom. The molecular weight excluding hydrogens is 290 g/mol. The molecule has 0 spiro atoms. The van der Waals surface area contributed by atoms with Gasteiger partial charge in [-0.05, 0) is 30.2 Å². The number of nitrogens with zero attached hydrogens (tertiary/aromatic N) is 1. The van der Waals surface area contributed by atoms with Crippen LogP contribution in [0, 0.1) is 12.7 Å². The van der Waals surface area contributed by atoms with Crippen LogP contribution >= 0.6 is 0 Å². The second-order valence-electron chi connectivity index (χ2n) is 5.01. The van der Waals surface area contributed by atoms with Crippen molar-refractivity contribution < 1.29 is 27.8 Å². The van der Waals surface area contributed by atoms with Gasteiger partial charge in [0.05, 0.1) is 19.1 Å². The molecule has 0 saturated heterocycles. The molecule has 0 fully saturated rings. The molecule has 0 radical (unpaired) electrons. The van der Waals surface area contributed by atoms with Crippen LogP contribution in [0.15, 0.2) is 18.2 Å². The van der Waals surface area contributed by atoms with Gasteiger partial charge in [-0.3, -0.25) is 4.90 Å². The fourth-order valence-corrected chi connectivity index (χ4v) is 1.95. The van der Waals surface area contributed by atoms with Gasteiger partial charge < -0.3 is 10.2 Å². The van der Waals surface area contributed by atoms with E-state index in [1.807, 2.05) is 0 Å². The SMILES string of the molecule is Cc1cc(F)ccc1CN(CCC(F)(F)F)C[C@H](O)CO. The van der Waals surface area contributed by atoms with Crippen molar-refractivity contribution in [3.05, 3.63) is 35.1 Å². The molecule has 1 aromatic rings. The highest BCUT2D eigenvalue weighted by molar-refractivity contribution is 5.26. The summed E-state index contributed by atoms with van der Waals surface area (Å²) in [6.07, 6.45) is -6.41. The van der Waals surface area contributed by atoms with Crippen LogP contribution in [0.25, 0.3) is 0 Å². The van der Waals surface area contributed by atoms with E-state index >= 15 is 0 Å². The van der Waals surface area contributed by atoms with Crippen LogP contribution in [0.4, 0.5) is 17.6 Å². The van der Waals surface area contributed by atoms with Gasteiger partial charge in [0.15, 0.2) is 0 Å². The number of hydrogen-bond donors (Lipinski definition) is 2. The molecule has 1 aromatic carbocycles. The minimum absolute atomic E-state index is 0.0800. The van der Waals surface area contributed by atoms with E-state index in [4.69, 9.17) is 5.11 Å². The van der Waals surface area contributed by atoms with E-state index in [-0.39, 0.29) is 19.6 Å². The molecule has 21 heavy (non-hydrogen) atoms. The molecule has 120 valence electrons. The van der Waals surface area contributed by atoms with E-state index in [0.29, 0.717) is 11.1 Å². The molecule has 0 aliphatic rings. The average Bonchev–Trinajstić information content (AvgIpc) is 2.38. The van der Waals surface area contributed by atoms with Crippen LogP contribution < -0.4 is 0 Å². The van der Waals surface area contributed by atoms with Crippen molar-refractivity contribution >= 4 is 0 Å². The molecule has 1 atom stereocenters. The molecule has 0 aromatic heterocycles. The highest BCUT2D eigenvalue weighted by Gasteiger charge is 2.28. The van der Waals surface area contributed by atoms with Crippen LogP contribution in [-0.4, -0.2) is 47.1 Å². The van der Waals surface area contributed by atoms with Gasteiger partial charge in [-0.25, -0.2) is 4.39 Å². The van der Waals surface area contributed by atoms with Gasteiger partial charge in [-0.15, -0.1) is 0 Å². The van der Waals surface area contributed by atoms with Crippen LogP contribution in [0.5, 0.6) is 0 Å². The average molecular weight is 309 g/mol. The topological polar surface area (TPSA) is 43.7 Å². The van der Waals surface area contributed by atoms with Gasteiger partial charge in [0.25, 0.3) is 0 Å². The number of aliphatic hydroxyl groups is 2. The zero-order valence-corrected chi connectivity index (χ0v) is 11.7. The summed E-state index contributed by atoms with van der Waals surface area (Å²) >= 11 is 0. The largest absolute Gasteiger partial charge is 0.394 e. The fourth-order valence-electron chi connectivity index (χ4n) is 1.95. The third-order valence-corrected chi connectivity index (χ3v) is 3.09. The maximum atomic E-state index is 13.0. The summed E-state index contributed by atoms with van der Waals surface area (Å²) in [5, 5.41) is 18.2. The summed E-state index contributed by atoms with van der Waals surface area (Å²) in [5.41, 5.74) is 1.31. The highest BCUT2D eigenvalue weighted by Crippen LogP contribution is 2.21. The smallest absolute Gasteiger partial charge is 0.390 e. The quantitative estimate of drug-likeness (QED) is 0.759. The van der Waals surface area contributed by atoms with Crippen LogP contribution in [-0.2, 0) is 6.54 Å². The summed E-state index contributed by atoms with van der Waals surface area (Å²) in [5.74, 6) is -0.409. The van der Waals surface area contributed by atoms with Gasteiger partial charge in [0, 0.05) is 19.6 Å². The van der Waals surface area contributed by atoms with Gasteiger partial charge in [-0.2, -0.15) is 13.2 Å². The van der Waals surface area contributed by atoms with Crippen LogP contribution in [0.3, 0.4) is 0 Å². The lowest BCUT2D eigenvalue weighted by Crippen LogP contribution is -2.36. The van der Waals surface area contributed by atoms with Gasteiger partial charge in [-0.1, -0.05) is 6.07 Å². The lowest BCUT2D eigenvalue weighted by Gasteiger charge is -2.25. The molecule has 0 unspecified atom stereocenters. The number of rotatable bonds is 7. The van der Waals surface area contributed by atoms with Crippen molar-refractivity contribution in [2.75, 3.05) is 19.7 Å². The molecule has 7 heteroatoms. The summed E-state index contributed by atoms with van der Waals surface area (Å²) in [7, 11) is 0. The number of alkyl halides is 3. The van der Waals surface area contributed by atoms with E-state index in [0.717, 1.165) is 0 Å². The van der Waals surface area contributed by atoms with Crippen LogP contribution in [0.1, 0.15) is 17.5 Å². The zero-order chi connectivity index (χ0) is 16.0. The van der Waals surface area contributed by atoms with Crippen molar-refractivity contribution in [3.8, 4) is 0 Å². The van der Waals surface area contributed by atoms with E-state index in [9.17, 15) is 22.7 Å². The molecule has 0 bridgehead atoms. The first kappa shape index (κ1) is 17.9. The monoisotopic (exact) mass is 309 g/mol. The van der Waals surface area contributed by atoms with E-state index in [1.165, 1.54) is 23.1 Å². The maximum Gasteiger partial charge on any atom is 0.390 e. The second-order valence-corrected chi connectivity index (χ2v) is 5.01. The first-order valence-electron chi connectivity index (χ1n) is 6.54. The Morgan fingerprint density at radius 3 is 2.48 bits per heavy atom. The predicted molar refractivity (Wildman–Crippen MR) is 70.2 cm³/mol. The summed E-state index contributed by atoms with van der Waals surface area (Å²) in [6.45, 7) is 0.924. The molecule has 0 heterocycles. The highest BCUT2D eigenvalue weighted by atomic mass is 19.4. The number of hydrogen-bond acceptors (Lipinski definition) is 3. The Hall–Kier alpha value is -1.18. The standard InChI is InChI=1S/C14H19F4NO2/c1-10-6-12(15)3-2-11(10)7-19(8-13(21)9-20)5-4-14(16,17)18/h2-3,6,13,20-21H,4-5,7-9H2,1H3/t13-/m0/s1. The zero-order valence-electron chi connectivity index (χ0n) is 11.7. The lowest BCUT2D eigenvalue weighted by atomic mass is 10.1. The first-order valence-corrected chi connectivity index (χ1v) is 6.54. The van der Waals surface area contributed by atoms with E-state index in [1.54, 1.807) is 6.92 Å². The van der Waals surface area contributed by atoms with Crippen molar-refractivity contribution in [2.24, 2.45) is 0 Å². The summed E-state index contributed by atoms with van der Waals surface area (Å²) in [4.78, 5) is 1.40. The lowest BCUT2D eigenvalue weighted by molar-refractivity contribution is -0.139. The molecule has 1 rings (SSSR count). The molecule has 2 N–H and O–H groups in total. The Balaban J connectivity index is 2.75. The summed E-state index contributed by atoms with van der Waals surface area (Å²) < 4.78 is 50.0. The number of benzene rings is 1. The Morgan fingerprint density at radius 1 is 1.29 bits per heavy atom. The molecule has 0 aliphatic heterocycles. The second kappa shape index (κ2) is 7.72. The Bertz CT molecular complexity index is 451. The number of aliphatic hydroxyl groups excluding tert-OH is 2. The van der Waals surface area contributed by atoms with Gasteiger partial charge >= 0.3 is 6.18 Å². The molecule has 3 nitrogen and oxygen atoms in total. The number of halogens is 4. The van der Waals surface area contributed by atoms with E-state index in [2.05, 4.69) is 0 Å². The third kappa shape index (κ3) is 6.88. The first-order chi connectivity index (χ1) is 9.71. The molecule has 0 saturated carbocycles. The Labute approximate surface area is 120 Å². The van der Waals surface area contributed by atoms with E-state index < -0.39 is 31.1 Å². The minimum Gasteiger partial charge on any atom is -0.394 e. The number of aryl methyl sites for hydroxylation is 1. The molecule has 0 aliphatic carbocycles. The van der Waals surface area contributed by atoms with Crippen LogP contribution in [0.2, 0.25) is 0 Å². The van der Waals surface area contributed by atoms with Gasteiger partial charge in [0.2, 0.25) is 0 Å². The third-order valence-electron chi connectivity index (χ3n) is 3.09. The molecule has 0 amide bonds. The maximum absolute atomic E-state index is 13.0. The minimum atomic E-state index is -4.29. The summed E-state index contributed by atoms with van der Waals surface area (Å²) in [6, 6.07) is 4.06. The van der Waals surface area contributed by atoms with Gasteiger partial charge in [0.1, 0.15) is 5.82 Å². The van der Waals surface area contributed by atoms with Crippen molar-refractivity contribution in [2.45, 2.75) is 32.2 Å². The normalized spacial score (nSPS) is 13.7. The fraction of sp³-hybridized carbons (Fsp3) is 0.571. The van der Waals surface area contributed by atoms with Crippen molar-refractivity contribution in [1.29, 1.82) is 0 Å². The van der Waals surface area contributed by atoms with Crippen molar-refractivity contribution in [3.63, 3.8) is 0 Å². The predicted octanol–water partition coefficient (Wildman–Crippen LogP) is 2.24. The van der Waals surface area contributed by atoms with Crippen molar-refractivity contribution in [1.82, 2.24) is 4.90 Å². The molecular formula is C14H19F4NO2.